The number of rotatable bonds is 6. The van der Waals surface area contributed by atoms with Crippen LogP contribution in [0.15, 0.2) is 48.5 Å². The summed E-state index contributed by atoms with van der Waals surface area (Å²) < 4.78 is 5.37. The lowest BCUT2D eigenvalue weighted by molar-refractivity contribution is -0.120. The Morgan fingerprint density at radius 3 is 2.44 bits per heavy atom. The number of hydrogen-bond acceptors (Lipinski definition) is 4. The second kappa shape index (κ2) is 8.50. The molecular weight excluding hydrogens is 318 g/mol. The molecule has 0 radical (unpaired) electrons. The Morgan fingerprint density at radius 1 is 1.16 bits per heavy atom. The number of para-hydroxylation sites is 1. The van der Waals surface area contributed by atoms with E-state index in [1.165, 1.54) is 11.8 Å². The summed E-state index contributed by atoms with van der Waals surface area (Å²) in [5.41, 5.74) is 1.39. The SMILES string of the molecule is CCOc1ccc(N(CC(=O)Nc2ccccc2C#N)C(C)=O)cc1. The van der Waals surface area contributed by atoms with Crippen LogP contribution in [0.1, 0.15) is 19.4 Å². The molecule has 0 bridgehead atoms. The van der Waals surface area contributed by atoms with Crippen LogP contribution in [-0.4, -0.2) is 25.0 Å². The van der Waals surface area contributed by atoms with E-state index < -0.39 is 0 Å². The van der Waals surface area contributed by atoms with Crippen molar-refractivity contribution in [1.29, 1.82) is 5.26 Å². The van der Waals surface area contributed by atoms with Crippen molar-refractivity contribution in [2.45, 2.75) is 13.8 Å². The Kier molecular flexibility index (Phi) is 6.13. The molecule has 0 aromatic heterocycles. The third-order valence-corrected chi connectivity index (χ3v) is 3.46. The van der Waals surface area contributed by atoms with Gasteiger partial charge >= 0.3 is 0 Å². The molecule has 0 spiro atoms. The minimum atomic E-state index is -0.383. The second-order valence-corrected chi connectivity index (χ2v) is 5.24. The van der Waals surface area contributed by atoms with Crippen LogP contribution in [-0.2, 0) is 9.59 Å². The van der Waals surface area contributed by atoms with E-state index in [1.807, 2.05) is 13.0 Å². The van der Waals surface area contributed by atoms with Crippen molar-refractivity contribution in [2.24, 2.45) is 0 Å². The van der Waals surface area contributed by atoms with Crippen molar-refractivity contribution in [2.75, 3.05) is 23.4 Å². The molecule has 25 heavy (non-hydrogen) atoms. The molecule has 128 valence electrons. The average molecular weight is 337 g/mol. The molecule has 0 fully saturated rings. The average Bonchev–Trinajstić information content (AvgIpc) is 2.61. The van der Waals surface area contributed by atoms with E-state index in [2.05, 4.69) is 5.32 Å². The van der Waals surface area contributed by atoms with Crippen LogP contribution < -0.4 is 15.0 Å². The Bertz CT molecular complexity index is 794. The third-order valence-electron chi connectivity index (χ3n) is 3.46. The molecule has 2 amide bonds. The number of amides is 2. The normalized spacial score (nSPS) is 9.80. The largest absolute Gasteiger partial charge is 0.494 e. The molecule has 2 aromatic rings. The van der Waals surface area contributed by atoms with Crippen molar-refractivity contribution in [3.63, 3.8) is 0 Å². The van der Waals surface area contributed by atoms with Crippen LogP contribution in [0.3, 0.4) is 0 Å². The highest BCUT2D eigenvalue weighted by molar-refractivity contribution is 6.02. The van der Waals surface area contributed by atoms with E-state index in [0.717, 1.165) is 0 Å². The first-order valence-corrected chi connectivity index (χ1v) is 7.85. The summed E-state index contributed by atoms with van der Waals surface area (Å²) >= 11 is 0. The standard InChI is InChI=1S/C19H19N3O3/c1-3-25-17-10-8-16(9-11-17)22(14(2)23)13-19(24)21-18-7-5-4-6-15(18)12-20/h4-11H,3,13H2,1-2H3,(H,21,24). The first-order valence-electron chi connectivity index (χ1n) is 7.85. The Balaban J connectivity index is 2.12. The van der Waals surface area contributed by atoms with Crippen molar-refractivity contribution in [3.05, 3.63) is 54.1 Å². The molecule has 0 atom stereocenters. The van der Waals surface area contributed by atoms with Gasteiger partial charge in [0.25, 0.3) is 0 Å². The van der Waals surface area contributed by atoms with Gasteiger partial charge in [-0.3, -0.25) is 9.59 Å². The molecule has 1 N–H and O–H groups in total. The zero-order chi connectivity index (χ0) is 18.2. The van der Waals surface area contributed by atoms with Crippen LogP contribution in [0.25, 0.3) is 0 Å². The number of benzene rings is 2. The highest BCUT2D eigenvalue weighted by atomic mass is 16.5. The predicted octanol–water partition coefficient (Wildman–Crippen LogP) is 2.95. The number of carbonyl (C=O) groups is 2. The number of nitrogens with one attached hydrogen (secondary N) is 1. The first kappa shape index (κ1) is 18.0. The third kappa shape index (κ3) is 4.82. The van der Waals surface area contributed by atoms with Gasteiger partial charge in [0.05, 0.1) is 17.9 Å². The minimum Gasteiger partial charge on any atom is -0.494 e. The second-order valence-electron chi connectivity index (χ2n) is 5.24. The molecule has 0 aliphatic heterocycles. The van der Waals surface area contributed by atoms with Gasteiger partial charge in [-0.05, 0) is 43.3 Å². The fourth-order valence-corrected chi connectivity index (χ4v) is 2.30. The smallest absolute Gasteiger partial charge is 0.244 e. The molecule has 2 aromatic carbocycles. The number of anilines is 2. The maximum Gasteiger partial charge on any atom is 0.244 e. The number of carbonyl (C=O) groups excluding carboxylic acids is 2. The van der Waals surface area contributed by atoms with E-state index in [4.69, 9.17) is 10.00 Å². The molecule has 0 saturated heterocycles. The predicted molar refractivity (Wildman–Crippen MR) is 95.4 cm³/mol. The molecule has 0 aliphatic carbocycles. The molecule has 6 nitrogen and oxygen atoms in total. The first-order chi connectivity index (χ1) is 12.0. The molecule has 0 saturated carbocycles. The van der Waals surface area contributed by atoms with Gasteiger partial charge in [-0.15, -0.1) is 0 Å². The van der Waals surface area contributed by atoms with E-state index in [-0.39, 0.29) is 18.4 Å². The topological polar surface area (TPSA) is 82.4 Å². The van der Waals surface area contributed by atoms with Gasteiger partial charge in [0.15, 0.2) is 0 Å². The fourth-order valence-electron chi connectivity index (χ4n) is 2.30. The number of nitrogens with zero attached hydrogens (tertiary/aromatic N) is 2. The summed E-state index contributed by atoms with van der Waals surface area (Å²) in [5.74, 6) is 0.0572. The number of nitriles is 1. The maximum atomic E-state index is 12.3. The van der Waals surface area contributed by atoms with E-state index >= 15 is 0 Å². The lowest BCUT2D eigenvalue weighted by atomic mass is 10.2. The Labute approximate surface area is 146 Å². The summed E-state index contributed by atoms with van der Waals surface area (Å²) in [6.07, 6.45) is 0. The van der Waals surface area contributed by atoms with Crippen LogP contribution in [0.2, 0.25) is 0 Å². The molecule has 0 aliphatic rings. The van der Waals surface area contributed by atoms with Gasteiger partial charge in [-0.25, -0.2) is 0 Å². The summed E-state index contributed by atoms with van der Waals surface area (Å²) in [6, 6.07) is 15.7. The fraction of sp³-hybridized carbons (Fsp3) is 0.211. The van der Waals surface area contributed by atoms with Gasteiger partial charge in [-0.2, -0.15) is 5.26 Å². The van der Waals surface area contributed by atoms with Gasteiger partial charge in [0.2, 0.25) is 11.8 Å². The van der Waals surface area contributed by atoms with Gasteiger partial charge in [0.1, 0.15) is 18.4 Å². The molecule has 6 heteroatoms. The highest BCUT2D eigenvalue weighted by Crippen LogP contribution is 2.20. The van der Waals surface area contributed by atoms with Crippen LogP contribution in [0, 0.1) is 11.3 Å². The summed E-state index contributed by atoms with van der Waals surface area (Å²) in [7, 11) is 0. The quantitative estimate of drug-likeness (QED) is 0.878. The van der Waals surface area contributed by atoms with E-state index in [0.29, 0.717) is 29.3 Å². The van der Waals surface area contributed by atoms with Crippen molar-refractivity contribution in [3.8, 4) is 11.8 Å². The van der Waals surface area contributed by atoms with Crippen molar-refractivity contribution < 1.29 is 14.3 Å². The minimum absolute atomic E-state index is 0.150. The maximum absolute atomic E-state index is 12.3. The summed E-state index contributed by atoms with van der Waals surface area (Å²) in [5, 5.41) is 11.7. The monoisotopic (exact) mass is 337 g/mol. The zero-order valence-electron chi connectivity index (χ0n) is 14.2. The Morgan fingerprint density at radius 2 is 1.84 bits per heavy atom. The van der Waals surface area contributed by atoms with Gasteiger partial charge < -0.3 is 15.0 Å². The highest BCUT2D eigenvalue weighted by Gasteiger charge is 2.16. The Hall–Kier alpha value is -3.33. The van der Waals surface area contributed by atoms with Crippen molar-refractivity contribution >= 4 is 23.2 Å². The van der Waals surface area contributed by atoms with Crippen molar-refractivity contribution in [1.82, 2.24) is 0 Å². The molecule has 0 heterocycles. The van der Waals surface area contributed by atoms with E-state index in [9.17, 15) is 9.59 Å². The van der Waals surface area contributed by atoms with Crippen LogP contribution >= 0.6 is 0 Å². The summed E-state index contributed by atoms with van der Waals surface area (Å²) in [4.78, 5) is 25.6. The molecule has 2 rings (SSSR count). The van der Waals surface area contributed by atoms with Crippen LogP contribution in [0.4, 0.5) is 11.4 Å². The lowest BCUT2D eigenvalue weighted by Crippen LogP contribution is -2.36. The van der Waals surface area contributed by atoms with Crippen LogP contribution in [0.5, 0.6) is 5.75 Å². The lowest BCUT2D eigenvalue weighted by Gasteiger charge is -2.21. The summed E-state index contributed by atoms with van der Waals surface area (Å²) in [6.45, 7) is 3.69. The van der Waals surface area contributed by atoms with E-state index in [1.54, 1.807) is 48.5 Å². The molecular formula is C19H19N3O3. The molecule has 0 unspecified atom stereocenters. The number of hydrogen-bond donors (Lipinski definition) is 1. The van der Waals surface area contributed by atoms with Gasteiger partial charge in [-0.1, -0.05) is 12.1 Å². The van der Waals surface area contributed by atoms with Gasteiger partial charge in [0, 0.05) is 12.6 Å². The zero-order valence-corrected chi connectivity index (χ0v) is 14.2. The number of ether oxygens (including phenoxy) is 1.